The molecule has 0 aromatic heterocycles. The number of nitrogens with two attached hydrogens (primary N) is 1. The molecule has 3 N–H and O–H groups in total. The van der Waals surface area contributed by atoms with Gasteiger partial charge in [-0.15, -0.1) is 0 Å². The van der Waals surface area contributed by atoms with Crippen LogP contribution in [0.4, 0.5) is 10.1 Å². The van der Waals surface area contributed by atoms with Crippen LogP contribution in [0.15, 0.2) is 18.2 Å². The van der Waals surface area contributed by atoms with E-state index in [4.69, 9.17) is 18.0 Å². The molecule has 0 unspecified atom stereocenters. The van der Waals surface area contributed by atoms with Crippen molar-refractivity contribution in [2.24, 2.45) is 5.73 Å². The third kappa shape index (κ3) is 3.35. The molecule has 5 heteroatoms. The fraction of sp³-hybridized carbons (Fsp3) is 0.300. The third-order valence-corrected chi connectivity index (χ3v) is 2.70. The second kappa shape index (κ2) is 5.92. The molecule has 2 nitrogen and oxygen atoms in total. The summed E-state index contributed by atoms with van der Waals surface area (Å²) in [4.78, 5) is 0.0831. The standard InChI is InChI=1S/C10H13FN2S2/c1-15-6-5-13-8-4-2-3-7(11)9(8)10(12)14/h2-4,13H,5-6H2,1H3,(H2,12,14). The fourth-order valence-electron chi connectivity index (χ4n) is 1.21. The van der Waals surface area contributed by atoms with Crippen LogP contribution in [-0.4, -0.2) is 23.5 Å². The Bertz CT molecular complexity index is 355. The van der Waals surface area contributed by atoms with E-state index >= 15 is 0 Å². The van der Waals surface area contributed by atoms with Crippen molar-refractivity contribution >= 4 is 34.7 Å². The highest BCUT2D eigenvalue weighted by atomic mass is 32.2. The lowest BCUT2D eigenvalue weighted by atomic mass is 10.1. The average Bonchev–Trinajstić information content (AvgIpc) is 2.17. The first-order valence-corrected chi connectivity index (χ1v) is 6.28. The van der Waals surface area contributed by atoms with Crippen LogP contribution < -0.4 is 11.1 Å². The molecule has 0 aliphatic rings. The largest absolute Gasteiger partial charge is 0.389 e. The number of benzene rings is 1. The van der Waals surface area contributed by atoms with Gasteiger partial charge in [0.2, 0.25) is 0 Å². The first-order chi connectivity index (χ1) is 7.16. The van der Waals surface area contributed by atoms with Crippen molar-refractivity contribution in [1.29, 1.82) is 0 Å². The van der Waals surface area contributed by atoms with Crippen LogP contribution >= 0.6 is 24.0 Å². The maximum absolute atomic E-state index is 13.4. The summed E-state index contributed by atoms with van der Waals surface area (Å²) in [5.74, 6) is 0.574. The number of rotatable bonds is 5. The summed E-state index contributed by atoms with van der Waals surface area (Å²) in [5.41, 5.74) is 6.43. The smallest absolute Gasteiger partial charge is 0.135 e. The SMILES string of the molecule is CSCCNc1cccc(F)c1C(N)=S. The minimum atomic E-state index is -0.378. The van der Waals surface area contributed by atoms with Crippen molar-refractivity contribution < 1.29 is 4.39 Å². The number of anilines is 1. The zero-order valence-electron chi connectivity index (χ0n) is 8.42. The number of thiocarbonyl (C=S) groups is 1. The van der Waals surface area contributed by atoms with E-state index in [9.17, 15) is 4.39 Å². The molecule has 15 heavy (non-hydrogen) atoms. The number of hydrogen-bond donors (Lipinski definition) is 2. The lowest BCUT2D eigenvalue weighted by molar-refractivity contribution is 0.626. The summed E-state index contributed by atoms with van der Waals surface area (Å²) in [6, 6.07) is 4.77. The van der Waals surface area contributed by atoms with E-state index in [1.54, 1.807) is 23.9 Å². The number of nitrogens with one attached hydrogen (secondary N) is 1. The Morgan fingerprint density at radius 2 is 2.33 bits per heavy atom. The summed E-state index contributed by atoms with van der Waals surface area (Å²) >= 11 is 6.53. The van der Waals surface area contributed by atoms with Crippen molar-refractivity contribution in [3.63, 3.8) is 0 Å². The molecule has 0 spiro atoms. The molecule has 0 radical (unpaired) electrons. The van der Waals surface area contributed by atoms with Crippen LogP contribution in [0, 0.1) is 5.82 Å². The second-order valence-corrected chi connectivity index (χ2v) is 4.37. The van der Waals surface area contributed by atoms with Crippen LogP contribution in [0.1, 0.15) is 5.56 Å². The number of halogens is 1. The summed E-state index contributed by atoms with van der Waals surface area (Å²) in [6.07, 6.45) is 2.02. The van der Waals surface area contributed by atoms with Gasteiger partial charge in [0.1, 0.15) is 10.8 Å². The molecule has 0 atom stereocenters. The number of hydrogen-bond acceptors (Lipinski definition) is 3. The Morgan fingerprint density at radius 1 is 1.60 bits per heavy atom. The van der Waals surface area contributed by atoms with E-state index in [-0.39, 0.29) is 10.8 Å². The molecular weight excluding hydrogens is 231 g/mol. The minimum absolute atomic E-state index is 0.0831. The molecule has 0 fully saturated rings. The number of thioether (sulfide) groups is 1. The highest BCUT2D eigenvalue weighted by molar-refractivity contribution is 7.98. The molecule has 0 saturated heterocycles. The Labute approximate surface area is 98.4 Å². The van der Waals surface area contributed by atoms with Crippen molar-refractivity contribution in [2.45, 2.75) is 0 Å². The molecule has 0 aliphatic carbocycles. The van der Waals surface area contributed by atoms with Gasteiger partial charge in [0.25, 0.3) is 0 Å². The summed E-state index contributed by atoms with van der Waals surface area (Å²) in [6.45, 7) is 0.764. The average molecular weight is 244 g/mol. The molecule has 0 heterocycles. The first kappa shape index (κ1) is 12.3. The second-order valence-electron chi connectivity index (χ2n) is 2.95. The van der Waals surface area contributed by atoms with Crippen molar-refractivity contribution in [2.75, 3.05) is 23.9 Å². The van der Waals surface area contributed by atoms with Crippen LogP contribution in [0.25, 0.3) is 0 Å². The van der Waals surface area contributed by atoms with Gasteiger partial charge in [0.05, 0.1) is 5.56 Å². The van der Waals surface area contributed by atoms with Crippen LogP contribution in [0.5, 0.6) is 0 Å². The van der Waals surface area contributed by atoms with Crippen LogP contribution in [0.3, 0.4) is 0 Å². The Balaban J connectivity index is 2.86. The zero-order chi connectivity index (χ0) is 11.3. The highest BCUT2D eigenvalue weighted by Crippen LogP contribution is 2.18. The molecule has 0 aliphatic heterocycles. The maximum Gasteiger partial charge on any atom is 0.135 e. The molecule has 1 rings (SSSR count). The van der Waals surface area contributed by atoms with Gasteiger partial charge < -0.3 is 11.1 Å². The summed E-state index contributed by atoms with van der Waals surface area (Å²) < 4.78 is 13.4. The van der Waals surface area contributed by atoms with E-state index in [1.807, 2.05) is 6.26 Å². The summed E-state index contributed by atoms with van der Waals surface area (Å²) in [5, 5.41) is 3.11. The molecule has 0 saturated carbocycles. The van der Waals surface area contributed by atoms with Crippen LogP contribution in [-0.2, 0) is 0 Å². The van der Waals surface area contributed by atoms with Gasteiger partial charge in [-0.3, -0.25) is 0 Å². The lowest BCUT2D eigenvalue weighted by Gasteiger charge is -2.11. The fourth-order valence-corrected chi connectivity index (χ4v) is 1.72. The monoisotopic (exact) mass is 244 g/mol. The van der Waals surface area contributed by atoms with Gasteiger partial charge in [-0.25, -0.2) is 4.39 Å². The van der Waals surface area contributed by atoms with E-state index in [0.717, 1.165) is 12.3 Å². The molecule has 0 bridgehead atoms. The van der Waals surface area contributed by atoms with Gasteiger partial charge in [-0.05, 0) is 18.4 Å². The van der Waals surface area contributed by atoms with Crippen LogP contribution in [0.2, 0.25) is 0 Å². The normalized spacial score (nSPS) is 10.0. The predicted octanol–water partition coefficient (Wildman–Crippen LogP) is 2.23. The van der Waals surface area contributed by atoms with Gasteiger partial charge in [0.15, 0.2) is 0 Å². The van der Waals surface area contributed by atoms with E-state index in [0.29, 0.717) is 11.3 Å². The molecule has 1 aromatic rings. The highest BCUT2D eigenvalue weighted by Gasteiger charge is 2.09. The lowest BCUT2D eigenvalue weighted by Crippen LogP contribution is -2.16. The van der Waals surface area contributed by atoms with Gasteiger partial charge in [-0.2, -0.15) is 11.8 Å². The molecule has 0 amide bonds. The first-order valence-electron chi connectivity index (χ1n) is 4.48. The zero-order valence-corrected chi connectivity index (χ0v) is 10.1. The topological polar surface area (TPSA) is 38.0 Å². The maximum atomic E-state index is 13.4. The van der Waals surface area contributed by atoms with Crippen molar-refractivity contribution in [1.82, 2.24) is 0 Å². The van der Waals surface area contributed by atoms with Crippen molar-refractivity contribution in [3.05, 3.63) is 29.6 Å². The quantitative estimate of drug-likeness (QED) is 0.615. The predicted molar refractivity (Wildman–Crippen MR) is 69.2 cm³/mol. The minimum Gasteiger partial charge on any atom is -0.389 e. The van der Waals surface area contributed by atoms with Crippen molar-refractivity contribution in [3.8, 4) is 0 Å². The van der Waals surface area contributed by atoms with Gasteiger partial charge in [0, 0.05) is 18.0 Å². The van der Waals surface area contributed by atoms with Gasteiger partial charge in [-0.1, -0.05) is 18.3 Å². The van der Waals surface area contributed by atoms with Gasteiger partial charge >= 0.3 is 0 Å². The Hall–Kier alpha value is -0.810. The van der Waals surface area contributed by atoms with E-state index < -0.39 is 0 Å². The summed E-state index contributed by atoms with van der Waals surface area (Å²) in [7, 11) is 0. The molecular formula is C10H13FN2S2. The Morgan fingerprint density at radius 3 is 2.93 bits per heavy atom. The molecule has 82 valence electrons. The van der Waals surface area contributed by atoms with E-state index in [1.165, 1.54) is 6.07 Å². The Kier molecular flexibility index (Phi) is 4.84. The third-order valence-electron chi connectivity index (χ3n) is 1.88. The molecule has 1 aromatic carbocycles. The van der Waals surface area contributed by atoms with E-state index in [2.05, 4.69) is 5.32 Å².